The van der Waals surface area contributed by atoms with Gasteiger partial charge in [0.05, 0.1) is 16.5 Å². The van der Waals surface area contributed by atoms with Crippen molar-refractivity contribution in [3.63, 3.8) is 0 Å². The zero-order valence-corrected chi connectivity index (χ0v) is 10.5. The molecule has 1 saturated heterocycles. The van der Waals surface area contributed by atoms with Crippen LogP contribution in [0.2, 0.25) is 0 Å². The average molecular weight is 268 g/mol. The van der Waals surface area contributed by atoms with Crippen molar-refractivity contribution in [3.8, 4) is 6.07 Å². The summed E-state index contributed by atoms with van der Waals surface area (Å²) in [7, 11) is -3.64. The lowest BCUT2D eigenvalue weighted by molar-refractivity contribution is 0.203. The van der Waals surface area contributed by atoms with Gasteiger partial charge in [-0.25, -0.2) is 12.8 Å². The number of sulfonamides is 1. The summed E-state index contributed by atoms with van der Waals surface area (Å²) in [5.41, 5.74) is 0.399. The predicted molar refractivity (Wildman–Crippen MR) is 64.0 cm³/mol. The van der Waals surface area contributed by atoms with Gasteiger partial charge in [0.25, 0.3) is 0 Å². The van der Waals surface area contributed by atoms with Crippen molar-refractivity contribution in [1.29, 1.82) is 5.26 Å². The zero-order valence-electron chi connectivity index (χ0n) is 9.71. The van der Waals surface area contributed by atoms with E-state index < -0.39 is 16.2 Å². The van der Waals surface area contributed by atoms with E-state index in [1.54, 1.807) is 0 Å². The minimum absolute atomic E-state index is 0.0810. The van der Waals surface area contributed by atoms with Gasteiger partial charge < -0.3 is 0 Å². The maximum absolute atomic E-state index is 13.2. The molecule has 1 aliphatic rings. The van der Waals surface area contributed by atoms with E-state index in [0.29, 0.717) is 24.9 Å². The minimum Gasteiger partial charge on any atom is -0.246 e. The van der Waals surface area contributed by atoms with Crippen molar-refractivity contribution < 1.29 is 12.8 Å². The van der Waals surface area contributed by atoms with Crippen molar-refractivity contribution in [3.05, 3.63) is 29.8 Å². The quantitative estimate of drug-likeness (QED) is 0.820. The molecule has 0 spiro atoms. The summed E-state index contributed by atoms with van der Waals surface area (Å²) in [6, 6.07) is 7.59. The van der Waals surface area contributed by atoms with Gasteiger partial charge >= 0.3 is 0 Å². The van der Waals surface area contributed by atoms with Crippen molar-refractivity contribution in [2.45, 2.75) is 23.9 Å². The monoisotopic (exact) mass is 268 g/mol. The Kier molecular flexibility index (Phi) is 3.64. The fourth-order valence-corrected chi connectivity index (χ4v) is 3.47. The molecule has 0 aromatic heterocycles. The van der Waals surface area contributed by atoms with E-state index in [4.69, 9.17) is 5.26 Å². The molecule has 0 N–H and O–H groups in total. The number of nitrogens with zero attached hydrogens (tertiary/aromatic N) is 2. The van der Waals surface area contributed by atoms with Gasteiger partial charge in [0.1, 0.15) is 6.17 Å². The van der Waals surface area contributed by atoms with Gasteiger partial charge in [-0.3, -0.25) is 0 Å². The van der Waals surface area contributed by atoms with Gasteiger partial charge in [0, 0.05) is 13.1 Å². The Morgan fingerprint density at radius 1 is 1.33 bits per heavy atom. The van der Waals surface area contributed by atoms with Gasteiger partial charge in [-0.1, -0.05) is 0 Å². The summed E-state index contributed by atoms with van der Waals surface area (Å²) < 4.78 is 38.8. The molecule has 1 fully saturated rings. The van der Waals surface area contributed by atoms with E-state index in [-0.39, 0.29) is 11.4 Å². The lowest BCUT2D eigenvalue weighted by atomic mass is 10.1. The third-order valence-electron chi connectivity index (χ3n) is 2.95. The first-order valence-corrected chi connectivity index (χ1v) is 7.12. The Morgan fingerprint density at radius 3 is 2.56 bits per heavy atom. The van der Waals surface area contributed by atoms with E-state index in [1.807, 2.05) is 6.07 Å². The molecule has 0 unspecified atom stereocenters. The lowest BCUT2D eigenvalue weighted by Gasteiger charge is -2.28. The number of halogens is 1. The standard InChI is InChI=1S/C12H13FN2O2S/c13-11-2-1-7-15(9-11)18(16,17)12-5-3-10(8-14)4-6-12/h3-6,11H,1-2,7,9H2/t11-/m1/s1. The van der Waals surface area contributed by atoms with E-state index >= 15 is 0 Å². The van der Waals surface area contributed by atoms with Crippen LogP contribution in [0.5, 0.6) is 0 Å². The molecule has 0 amide bonds. The van der Waals surface area contributed by atoms with E-state index in [9.17, 15) is 12.8 Å². The number of hydrogen-bond donors (Lipinski definition) is 0. The normalized spacial score (nSPS) is 21.4. The summed E-state index contributed by atoms with van der Waals surface area (Å²) in [6.07, 6.45) is -0.136. The number of alkyl halides is 1. The second-order valence-electron chi connectivity index (χ2n) is 4.24. The van der Waals surface area contributed by atoms with Crippen LogP contribution < -0.4 is 0 Å². The predicted octanol–water partition coefficient (Wildman–Crippen LogP) is 1.68. The van der Waals surface area contributed by atoms with E-state index in [2.05, 4.69) is 0 Å². The highest BCUT2D eigenvalue weighted by atomic mass is 32.2. The maximum Gasteiger partial charge on any atom is 0.243 e. The SMILES string of the molecule is N#Cc1ccc(S(=O)(=O)N2CCC[C@@H](F)C2)cc1. The summed E-state index contributed by atoms with van der Waals surface area (Å²) in [5, 5.41) is 8.66. The Morgan fingerprint density at radius 2 is 2.00 bits per heavy atom. The molecule has 6 heteroatoms. The van der Waals surface area contributed by atoms with Gasteiger partial charge in [-0.15, -0.1) is 0 Å². The summed E-state index contributed by atoms with van der Waals surface area (Å²) in [6.45, 7) is 0.269. The second kappa shape index (κ2) is 5.04. The first-order chi connectivity index (χ1) is 8.54. The molecule has 1 atom stereocenters. The molecule has 0 aliphatic carbocycles. The molecule has 1 heterocycles. The molecule has 1 aliphatic heterocycles. The molecule has 18 heavy (non-hydrogen) atoms. The molecule has 0 bridgehead atoms. The van der Waals surface area contributed by atoms with Crippen molar-refractivity contribution in [1.82, 2.24) is 4.31 Å². The molecule has 96 valence electrons. The Bertz CT molecular complexity index is 563. The third kappa shape index (κ3) is 2.52. The average Bonchev–Trinajstić information content (AvgIpc) is 2.39. The fraction of sp³-hybridized carbons (Fsp3) is 0.417. The highest BCUT2D eigenvalue weighted by Gasteiger charge is 2.29. The van der Waals surface area contributed by atoms with Crippen molar-refractivity contribution >= 4 is 10.0 Å². The topological polar surface area (TPSA) is 61.2 Å². The molecular formula is C12H13FN2O2S. The molecule has 1 aromatic rings. The van der Waals surface area contributed by atoms with Crippen LogP contribution in [0.4, 0.5) is 4.39 Å². The fourth-order valence-electron chi connectivity index (χ4n) is 1.96. The molecule has 0 radical (unpaired) electrons. The summed E-state index contributed by atoms with van der Waals surface area (Å²) >= 11 is 0. The van der Waals surface area contributed by atoms with E-state index in [1.165, 1.54) is 28.6 Å². The van der Waals surface area contributed by atoms with Crippen molar-refractivity contribution in [2.75, 3.05) is 13.1 Å². The van der Waals surface area contributed by atoms with E-state index in [0.717, 1.165) is 0 Å². The van der Waals surface area contributed by atoms with Crippen LogP contribution in [-0.4, -0.2) is 32.0 Å². The Hall–Kier alpha value is -1.45. The van der Waals surface area contributed by atoms with Crippen LogP contribution in [-0.2, 0) is 10.0 Å². The highest BCUT2D eigenvalue weighted by molar-refractivity contribution is 7.89. The van der Waals surface area contributed by atoms with Gasteiger partial charge in [0.2, 0.25) is 10.0 Å². The number of nitriles is 1. The third-order valence-corrected chi connectivity index (χ3v) is 4.83. The summed E-state index contributed by atoms with van der Waals surface area (Å²) in [4.78, 5) is 0.107. The Balaban J connectivity index is 2.27. The number of benzene rings is 1. The lowest BCUT2D eigenvalue weighted by Crippen LogP contribution is -2.40. The van der Waals surface area contributed by atoms with Gasteiger partial charge in [-0.05, 0) is 37.1 Å². The number of rotatable bonds is 2. The van der Waals surface area contributed by atoms with Crippen LogP contribution in [0.25, 0.3) is 0 Å². The van der Waals surface area contributed by atoms with Crippen LogP contribution >= 0.6 is 0 Å². The summed E-state index contributed by atoms with van der Waals surface area (Å²) in [5.74, 6) is 0. The molecular weight excluding hydrogens is 255 g/mol. The van der Waals surface area contributed by atoms with Crippen molar-refractivity contribution in [2.24, 2.45) is 0 Å². The molecule has 2 rings (SSSR count). The van der Waals surface area contributed by atoms with Crippen LogP contribution in [0.15, 0.2) is 29.2 Å². The van der Waals surface area contributed by atoms with Crippen LogP contribution in [0.3, 0.4) is 0 Å². The Labute approximate surface area is 106 Å². The highest BCUT2D eigenvalue weighted by Crippen LogP contribution is 2.22. The van der Waals surface area contributed by atoms with Crippen LogP contribution in [0.1, 0.15) is 18.4 Å². The molecule has 0 saturated carbocycles. The first-order valence-electron chi connectivity index (χ1n) is 5.68. The van der Waals surface area contributed by atoms with Gasteiger partial charge in [-0.2, -0.15) is 9.57 Å². The zero-order chi connectivity index (χ0) is 13.2. The minimum atomic E-state index is -3.64. The van der Waals surface area contributed by atoms with Gasteiger partial charge in [0.15, 0.2) is 0 Å². The second-order valence-corrected chi connectivity index (χ2v) is 6.18. The van der Waals surface area contributed by atoms with Crippen LogP contribution in [0, 0.1) is 11.3 Å². The smallest absolute Gasteiger partial charge is 0.243 e. The molecule has 1 aromatic carbocycles. The first kappa shape index (κ1) is 13.0. The molecule has 4 nitrogen and oxygen atoms in total. The largest absolute Gasteiger partial charge is 0.246 e. The maximum atomic E-state index is 13.2. The number of hydrogen-bond acceptors (Lipinski definition) is 3. The number of piperidine rings is 1.